The van der Waals surface area contributed by atoms with Crippen molar-refractivity contribution in [2.75, 3.05) is 32.1 Å². The molecule has 3 N–H and O–H groups in total. The summed E-state index contributed by atoms with van der Waals surface area (Å²) in [6, 6.07) is 23.3. The van der Waals surface area contributed by atoms with E-state index in [4.69, 9.17) is 4.74 Å². The highest BCUT2D eigenvalue weighted by Gasteiger charge is 2.33. The van der Waals surface area contributed by atoms with Crippen LogP contribution in [0.25, 0.3) is 11.1 Å². The summed E-state index contributed by atoms with van der Waals surface area (Å²) >= 11 is 0. The third kappa shape index (κ3) is 7.86. The Kier molecular flexibility index (Phi) is 10.0. The molecule has 0 aliphatic carbocycles. The van der Waals surface area contributed by atoms with E-state index in [0.29, 0.717) is 30.1 Å². The van der Waals surface area contributed by atoms with Crippen molar-refractivity contribution < 1.29 is 19.4 Å². The quantitative estimate of drug-likeness (QED) is 0.334. The van der Waals surface area contributed by atoms with E-state index in [1.165, 1.54) is 16.7 Å². The molecule has 0 radical (unpaired) electrons. The number of fused-ring (bicyclic) bond motifs is 1. The first-order chi connectivity index (χ1) is 19.6. The molecule has 0 aromatic heterocycles. The average Bonchev–Trinajstić information content (AvgIpc) is 2.95. The van der Waals surface area contributed by atoms with Crippen LogP contribution in [0, 0.1) is 5.92 Å². The molecule has 0 bridgehead atoms. The first kappa shape index (κ1) is 30.1. The molecule has 0 spiro atoms. The summed E-state index contributed by atoms with van der Waals surface area (Å²) in [6.07, 6.45) is -0.202. The predicted molar refractivity (Wildman–Crippen MR) is 163 cm³/mol. The number of carbonyl (C=O) groups excluding carboxylic acids is 2. The predicted octanol–water partition coefficient (Wildman–Crippen LogP) is 5.24. The Bertz CT molecular complexity index is 1310. The van der Waals surface area contributed by atoms with Crippen LogP contribution in [0.15, 0.2) is 72.8 Å². The number of hydrogen-bond acceptors (Lipinski definition) is 5. The van der Waals surface area contributed by atoms with Crippen LogP contribution >= 0.6 is 0 Å². The van der Waals surface area contributed by atoms with E-state index in [1.54, 1.807) is 23.1 Å². The van der Waals surface area contributed by atoms with E-state index >= 15 is 0 Å². The highest BCUT2D eigenvalue weighted by atomic mass is 16.5. The molecule has 0 fully saturated rings. The van der Waals surface area contributed by atoms with Crippen LogP contribution in [0.4, 0.5) is 10.5 Å². The monoisotopic (exact) mass is 558 g/mol. The minimum absolute atomic E-state index is 0.0126. The molecule has 0 saturated carbocycles. The Labute approximate surface area is 243 Å². The van der Waals surface area contributed by atoms with Crippen LogP contribution in [-0.2, 0) is 6.54 Å². The molecule has 0 unspecified atom stereocenters. The number of nitrogens with one attached hydrogen (secondary N) is 2. The van der Waals surface area contributed by atoms with Crippen molar-refractivity contribution in [1.82, 2.24) is 15.1 Å². The molecule has 1 aliphatic rings. The molecule has 1 heterocycles. The number of benzene rings is 3. The molecule has 3 aromatic rings. The molecule has 4 rings (SSSR count). The minimum Gasteiger partial charge on any atom is -0.488 e. The van der Waals surface area contributed by atoms with Gasteiger partial charge in [-0.15, -0.1) is 0 Å². The largest absolute Gasteiger partial charge is 0.488 e. The fourth-order valence-corrected chi connectivity index (χ4v) is 5.06. The van der Waals surface area contributed by atoms with E-state index in [-0.39, 0.29) is 42.7 Å². The zero-order valence-electron chi connectivity index (χ0n) is 24.6. The first-order valence-electron chi connectivity index (χ1n) is 14.3. The smallest absolute Gasteiger partial charge is 0.319 e. The zero-order chi connectivity index (χ0) is 29.5. The summed E-state index contributed by atoms with van der Waals surface area (Å²) in [5.74, 6) is 0.252. The number of anilines is 1. The molecule has 3 atom stereocenters. The van der Waals surface area contributed by atoms with E-state index in [9.17, 15) is 14.7 Å². The molecule has 41 heavy (non-hydrogen) atoms. The number of ether oxygens (including phenoxy) is 1. The number of hydrogen-bond donors (Lipinski definition) is 3. The molecule has 3 amide bonds. The number of urea groups is 1. The van der Waals surface area contributed by atoms with Crippen molar-refractivity contribution in [2.24, 2.45) is 5.92 Å². The Balaban J connectivity index is 1.52. The Morgan fingerprint density at radius 2 is 1.73 bits per heavy atom. The van der Waals surface area contributed by atoms with Gasteiger partial charge in [0, 0.05) is 37.3 Å². The molecular formula is C33H42N4O4. The van der Waals surface area contributed by atoms with Crippen LogP contribution in [0.3, 0.4) is 0 Å². The molecule has 3 aromatic carbocycles. The minimum atomic E-state index is -0.363. The Morgan fingerprint density at radius 1 is 1.05 bits per heavy atom. The Hall–Kier alpha value is -3.88. The normalized spacial score (nSPS) is 17.9. The van der Waals surface area contributed by atoms with E-state index in [0.717, 1.165) is 6.54 Å². The summed E-state index contributed by atoms with van der Waals surface area (Å²) in [5.41, 5.74) is 4.44. The molecule has 1 aliphatic heterocycles. The average molecular weight is 559 g/mol. The van der Waals surface area contributed by atoms with Crippen LogP contribution < -0.4 is 15.4 Å². The van der Waals surface area contributed by atoms with Crippen molar-refractivity contribution in [3.05, 3.63) is 83.9 Å². The van der Waals surface area contributed by atoms with Crippen molar-refractivity contribution >= 4 is 17.6 Å². The summed E-state index contributed by atoms with van der Waals surface area (Å²) in [6.45, 7) is 9.36. The van der Waals surface area contributed by atoms with E-state index in [2.05, 4.69) is 65.9 Å². The summed E-state index contributed by atoms with van der Waals surface area (Å²) in [5, 5.41) is 15.5. The lowest BCUT2D eigenvalue weighted by Crippen LogP contribution is -2.49. The lowest BCUT2D eigenvalue weighted by atomic mass is 9.99. The summed E-state index contributed by atoms with van der Waals surface area (Å²) in [4.78, 5) is 29.9. The fourth-order valence-electron chi connectivity index (χ4n) is 5.06. The lowest BCUT2D eigenvalue weighted by molar-refractivity contribution is 0.0341. The van der Waals surface area contributed by atoms with Gasteiger partial charge in [0.25, 0.3) is 5.91 Å². The van der Waals surface area contributed by atoms with Gasteiger partial charge in [0.05, 0.1) is 18.2 Å². The van der Waals surface area contributed by atoms with Gasteiger partial charge < -0.3 is 25.4 Å². The molecule has 0 saturated heterocycles. The van der Waals surface area contributed by atoms with Crippen molar-refractivity contribution in [3.8, 4) is 16.9 Å². The van der Waals surface area contributed by atoms with Gasteiger partial charge in [-0.2, -0.15) is 0 Å². The second kappa shape index (κ2) is 13.7. The molecule has 218 valence electrons. The third-order valence-corrected chi connectivity index (χ3v) is 7.35. The zero-order valence-corrected chi connectivity index (χ0v) is 24.6. The number of nitrogens with zero attached hydrogens (tertiary/aromatic N) is 2. The van der Waals surface area contributed by atoms with Gasteiger partial charge in [-0.25, -0.2) is 4.79 Å². The number of amides is 3. The summed E-state index contributed by atoms with van der Waals surface area (Å²) < 4.78 is 6.51. The number of aliphatic hydroxyl groups is 1. The van der Waals surface area contributed by atoms with Crippen LogP contribution in [-0.4, -0.2) is 71.8 Å². The maximum absolute atomic E-state index is 13.6. The van der Waals surface area contributed by atoms with Gasteiger partial charge in [-0.3, -0.25) is 9.69 Å². The van der Waals surface area contributed by atoms with Gasteiger partial charge in [0.15, 0.2) is 0 Å². The lowest BCUT2D eigenvalue weighted by Gasteiger charge is -2.38. The molecular weight excluding hydrogens is 516 g/mol. The van der Waals surface area contributed by atoms with Crippen LogP contribution in [0.2, 0.25) is 0 Å². The third-order valence-electron chi connectivity index (χ3n) is 7.35. The van der Waals surface area contributed by atoms with E-state index < -0.39 is 0 Å². The van der Waals surface area contributed by atoms with Crippen molar-refractivity contribution in [3.63, 3.8) is 0 Å². The van der Waals surface area contributed by atoms with Crippen molar-refractivity contribution in [2.45, 2.75) is 52.4 Å². The SMILES string of the molecule is CC(C)NC(=O)Nc1ccc2c(c1)C(=O)N([C@H](C)CO)C[C@@H](C)[C@@H](CN(C)Cc1ccc(-c3ccccc3)cc1)O2. The van der Waals surface area contributed by atoms with Crippen LogP contribution in [0.5, 0.6) is 5.75 Å². The van der Waals surface area contributed by atoms with Gasteiger partial charge in [0.2, 0.25) is 0 Å². The fraction of sp³-hybridized carbons (Fsp3) is 0.394. The first-order valence-corrected chi connectivity index (χ1v) is 14.3. The summed E-state index contributed by atoms with van der Waals surface area (Å²) in [7, 11) is 2.07. The van der Waals surface area contributed by atoms with Gasteiger partial charge >= 0.3 is 6.03 Å². The number of aliphatic hydroxyl groups excluding tert-OH is 1. The maximum atomic E-state index is 13.6. The van der Waals surface area contributed by atoms with Gasteiger partial charge in [-0.05, 0) is 62.7 Å². The second-order valence-electron chi connectivity index (χ2n) is 11.3. The second-order valence-corrected chi connectivity index (χ2v) is 11.3. The molecule has 8 nitrogen and oxygen atoms in total. The number of carbonyl (C=O) groups is 2. The highest BCUT2D eigenvalue weighted by molar-refractivity contribution is 5.99. The molecule has 8 heteroatoms. The van der Waals surface area contributed by atoms with Crippen LogP contribution in [0.1, 0.15) is 43.6 Å². The topological polar surface area (TPSA) is 94.1 Å². The van der Waals surface area contributed by atoms with Gasteiger partial charge in [0.1, 0.15) is 11.9 Å². The highest BCUT2D eigenvalue weighted by Crippen LogP contribution is 2.31. The number of likely N-dealkylation sites (N-methyl/N-ethyl adjacent to an activating group) is 1. The van der Waals surface area contributed by atoms with E-state index in [1.807, 2.05) is 39.0 Å². The Morgan fingerprint density at radius 3 is 2.39 bits per heavy atom. The van der Waals surface area contributed by atoms with Gasteiger partial charge in [-0.1, -0.05) is 61.5 Å². The number of rotatable bonds is 9. The standard InChI is InChI=1S/C33H42N4O4/c1-22(2)34-33(40)35-28-15-16-30-29(17-28)32(39)37(24(4)21-38)18-23(3)31(41-30)20-36(5)19-25-11-13-27(14-12-25)26-9-7-6-8-10-26/h6-17,22-24,31,38H,18-21H2,1-5H3,(H2,34,35,40)/t23-,24-,31-/m1/s1. The van der Waals surface area contributed by atoms with Crippen molar-refractivity contribution in [1.29, 1.82) is 0 Å². The maximum Gasteiger partial charge on any atom is 0.319 e.